The number of fused-ring (bicyclic) bond motifs is 1. The van der Waals surface area contributed by atoms with Gasteiger partial charge in [0.2, 0.25) is 0 Å². The summed E-state index contributed by atoms with van der Waals surface area (Å²) in [5, 5.41) is 10.1. The van der Waals surface area contributed by atoms with Gasteiger partial charge in [0.25, 0.3) is 0 Å². The van der Waals surface area contributed by atoms with Crippen molar-refractivity contribution in [3.63, 3.8) is 0 Å². The van der Waals surface area contributed by atoms with E-state index in [0.29, 0.717) is 5.56 Å². The average Bonchev–Trinajstić information content (AvgIpc) is 2.47. The fourth-order valence-corrected chi connectivity index (χ4v) is 2.09. The summed E-state index contributed by atoms with van der Waals surface area (Å²) in [7, 11) is 0. The minimum Gasteiger partial charge on any atom is -0.256 e. The van der Waals surface area contributed by atoms with E-state index in [0.717, 1.165) is 22.0 Å². The smallest absolute Gasteiger partial charge is 0.0991 e. The van der Waals surface area contributed by atoms with E-state index >= 15 is 0 Å². The molecule has 0 saturated carbocycles. The molecule has 0 radical (unpaired) electrons. The first kappa shape index (κ1) is 10.5. The second-order valence-corrected chi connectivity index (χ2v) is 4.07. The molecule has 0 spiro atoms. The zero-order valence-electron chi connectivity index (χ0n) is 9.67. The number of para-hydroxylation sites is 1. The van der Waals surface area contributed by atoms with E-state index in [4.69, 9.17) is 5.26 Å². The number of benzene rings is 2. The highest BCUT2D eigenvalue weighted by atomic mass is 14.6. The van der Waals surface area contributed by atoms with Gasteiger partial charge in [-0.1, -0.05) is 36.4 Å². The molecular weight excluding hydrogens is 220 g/mol. The Labute approximate surface area is 105 Å². The highest BCUT2D eigenvalue weighted by Gasteiger charge is 2.04. The summed E-state index contributed by atoms with van der Waals surface area (Å²) in [5.41, 5.74) is 3.72. The van der Waals surface area contributed by atoms with Gasteiger partial charge in [0.15, 0.2) is 0 Å². The molecule has 2 aromatic carbocycles. The molecule has 3 aromatic rings. The van der Waals surface area contributed by atoms with E-state index in [1.165, 1.54) is 0 Å². The Bertz CT molecular complexity index is 749. The van der Waals surface area contributed by atoms with Crippen LogP contribution in [0.2, 0.25) is 0 Å². The first-order valence-corrected chi connectivity index (χ1v) is 5.73. The fourth-order valence-electron chi connectivity index (χ4n) is 2.09. The summed E-state index contributed by atoms with van der Waals surface area (Å²) in [6.45, 7) is 0. The molecule has 18 heavy (non-hydrogen) atoms. The zero-order chi connectivity index (χ0) is 12.4. The summed E-state index contributed by atoms with van der Waals surface area (Å²) in [4.78, 5) is 4.43. The van der Waals surface area contributed by atoms with E-state index in [9.17, 15) is 0 Å². The normalized spacial score (nSPS) is 10.2. The number of aromatic nitrogens is 1. The molecule has 0 aliphatic rings. The predicted octanol–water partition coefficient (Wildman–Crippen LogP) is 3.77. The Kier molecular flexibility index (Phi) is 2.51. The Morgan fingerprint density at radius 3 is 2.67 bits per heavy atom. The molecule has 0 aliphatic carbocycles. The molecule has 3 rings (SSSR count). The highest BCUT2D eigenvalue weighted by Crippen LogP contribution is 2.27. The van der Waals surface area contributed by atoms with Gasteiger partial charge in [-0.25, -0.2) is 0 Å². The van der Waals surface area contributed by atoms with E-state index in [2.05, 4.69) is 11.1 Å². The van der Waals surface area contributed by atoms with Crippen LogP contribution in [0, 0.1) is 11.3 Å². The molecule has 0 N–H and O–H groups in total. The van der Waals surface area contributed by atoms with Crippen LogP contribution in [-0.2, 0) is 0 Å². The van der Waals surface area contributed by atoms with Crippen LogP contribution in [0.15, 0.2) is 60.8 Å². The second-order valence-electron chi connectivity index (χ2n) is 4.07. The van der Waals surface area contributed by atoms with Gasteiger partial charge in [-0.05, 0) is 23.8 Å². The van der Waals surface area contributed by atoms with Crippen LogP contribution in [0.4, 0.5) is 0 Å². The summed E-state index contributed by atoms with van der Waals surface area (Å²) in [5.74, 6) is 0. The molecule has 0 unspecified atom stereocenters. The van der Waals surface area contributed by atoms with Crippen molar-refractivity contribution in [1.29, 1.82) is 5.26 Å². The third kappa shape index (κ3) is 1.72. The minimum atomic E-state index is 0.667. The van der Waals surface area contributed by atoms with Crippen LogP contribution in [0.1, 0.15) is 5.56 Å². The summed E-state index contributed by atoms with van der Waals surface area (Å²) >= 11 is 0. The lowest BCUT2D eigenvalue weighted by Crippen LogP contribution is -1.85. The fraction of sp³-hybridized carbons (Fsp3) is 0. The van der Waals surface area contributed by atoms with Gasteiger partial charge < -0.3 is 0 Å². The molecule has 1 aromatic heterocycles. The molecule has 2 nitrogen and oxygen atoms in total. The Balaban J connectivity index is 2.28. The maximum Gasteiger partial charge on any atom is 0.0991 e. The third-order valence-electron chi connectivity index (χ3n) is 2.94. The van der Waals surface area contributed by atoms with Gasteiger partial charge in [0, 0.05) is 17.1 Å². The van der Waals surface area contributed by atoms with Crippen molar-refractivity contribution in [1.82, 2.24) is 4.98 Å². The van der Waals surface area contributed by atoms with Gasteiger partial charge in [0.05, 0.1) is 17.1 Å². The van der Waals surface area contributed by atoms with Crippen molar-refractivity contribution in [3.05, 3.63) is 66.4 Å². The van der Waals surface area contributed by atoms with E-state index in [1.807, 2.05) is 54.6 Å². The van der Waals surface area contributed by atoms with Gasteiger partial charge >= 0.3 is 0 Å². The summed E-state index contributed by atoms with van der Waals surface area (Å²) < 4.78 is 0. The van der Waals surface area contributed by atoms with Crippen molar-refractivity contribution in [2.75, 3.05) is 0 Å². The Morgan fingerprint density at radius 2 is 1.78 bits per heavy atom. The lowest BCUT2D eigenvalue weighted by molar-refractivity contribution is 1.41. The molecule has 0 saturated heterocycles. The van der Waals surface area contributed by atoms with Crippen molar-refractivity contribution in [2.24, 2.45) is 0 Å². The van der Waals surface area contributed by atoms with Crippen LogP contribution in [0.5, 0.6) is 0 Å². The Morgan fingerprint density at radius 1 is 0.944 bits per heavy atom. The van der Waals surface area contributed by atoms with Crippen LogP contribution in [0.3, 0.4) is 0 Å². The molecule has 0 atom stereocenters. The second kappa shape index (κ2) is 4.31. The van der Waals surface area contributed by atoms with Crippen molar-refractivity contribution < 1.29 is 0 Å². The van der Waals surface area contributed by atoms with Crippen LogP contribution in [0.25, 0.3) is 22.0 Å². The lowest BCUT2D eigenvalue weighted by Gasteiger charge is -2.05. The molecule has 0 amide bonds. The molecule has 0 aliphatic heterocycles. The number of hydrogen-bond acceptors (Lipinski definition) is 2. The average molecular weight is 230 g/mol. The number of nitriles is 1. The number of pyridine rings is 1. The van der Waals surface area contributed by atoms with Crippen LogP contribution >= 0.6 is 0 Å². The zero-order valence-corrected chi connectivity index (χ0v) is 9.67. The van der Waals surface area contributed by atoms with Crippen molar-refractivity contribution in [2.45, 2.75) is 0 Å². The molecule has 84 valence electrons. The van der Waals surface area contributed by atoms with Crippen molar-refractivity contribution >= 4 is 10.9 Å². The van der Waals surface area contributed by atoms with E-state index in [1.54, 1.807) is 6.20 Å². The number of hydrogen-bond donors (Lipinski definition) is 0. The molecule has 1 heterocycles. The SMILES string of the molecule is N#Cc1cccc(-c2cccc3cccnc23)c1. The number of rotatable bonds is 1. The molecule has 0 fully saturated rings. The maximum atomic E-state index is 8.96. The van der Waals surface area contributed by atoms with Gasteiger partial charge in [-0.3, -0.25) is 4.98 Å². The number of nitrogens with zero attached hydrogens (tertiary/aromatic N) is 2. The minimum absolute atomic E-state index is 0.667. The van der Waals surface area contributed by atoms with Gasteiger partial charge in [-0.2, -0.15) is 5.26 Å². The van der Waals surface area contributed by atoms with Crippen molar-refractivity contribution in [3.8, 4) is 17.2 Å². The quantitative estimate of drug-likeness (QED) is 0.638. The first-order chi connectivity index (χ1) is 8.88. The standard InChI is InChI=1S/C16H10N2/c17-11-12-4-1-6-14(10-12)15-8-2-5-13-7-3-9-18-16(13)15/h1-10H. The topological polar surface area (TPSA) is 36.7 Å². The molecular formula is C16H10N2. The Hall–Kier alpha value is -2.66. The van der Waals surface area contributed by atoms with Gasteiger partial charge in [-0.15, -0.1) is 0 Å². The van der Waals surface area contributed by atoms with Gasteiger partial charge in [0.1, 0.15) is 0 Å². The van der Waals surface area contributed by atoms with E-state index in [-0.39, 0.29) is 0 Å². The highest BCUT2D eigenvalue weighted by molar-refractivity contribution is 5.93. The molecule has 2 heteroatoms. The first-order valence-electron chi connectivity index (χ1n) is 5.73. The van der Waals surface area contributed by atoms with Crippen LogP contribution < -0.4 is 0 Å². The monoisotopic (exact) mass is 230 g/mol. The molecule has 0 bridgehead atoms. The lowest BCUT2D eigenvalue weighted by atomic mass is 10.0. The van der Waals surface area contributed by atoms with Crippen LogP contribution in [-0.4, -0.2) is 4.98 Å². The third-order valence-corrected chi connectivity index (χ3v) is 2.94. The summed E-state index contributed by atoms with van der Waals surface area (Å²) in [6, 6.07) is 19.8. The van der Waals surface area contributed by atoms with E-state index < -0.39 is 0 Å². The largest absolute Gasteiger partial charge is 0.256 e. The predicted molar refractivity (Wildman–Crippen MR) is 71.9 cm³/mol. The summed E-state index contributed by atoms with van der Waals surface area (Å²) in [6.07, 6.45) is 1.79. The maximum absolute atomic E-state index is 8.96.